The summed E-state index contributed by atoms with van der Waals surface area (Å²) in [6, 6.07) is -0.472. The number of rotatable bonds is 5. The summed E-state index contributed by atoms with van der Waals surface area (Å²) in [6.07, 6.45) is 2.97. The second-order valence-electron chi connectivity index (χ2n) is 3.67. The van der Waals surface area contributed by atoms with Gasteiger partial charge in [-0.15, -0.1) is 0 Å². The second-order valence-corrected chi connectivity index (χ2v) is 3.67. The standard InChI is InChI=1S/C9H16N2O4/c1-15-9(3-2-4-9)6-11-8(14)10-5-7(12)13/h2-6H2,1H3,(H,12,13)(H2,10,11,14). The average molecular weight is 216 g/mol. The maximum absolute atomic E-state index is 11.1. The fraction of sp³-hybridized carbons (Fsp3) is 0.778. The first kappa shape index (κ1) is 11.8. The number of methoxy groups -OCH3 is 1. The molecule has 1 saturated carbocycles. The van der Waals surface area contributed by atoms with Crippen molar-refractivity contribution in [1.82, 2.24) is 10.6 Å². The van der Waals surface area contributed by atoms with Crippen molar-refractivity contribution in [2.45, 2.75) is 24.9 Å². The van der Waals surface area contributed by atoms with Gasteiger partial charge in [0, 0.05) is 13.7 Å². The summed E-state index contributed by atoms with van der Waals surface area (Å²) in [5.41, 5.74) is -0.236. The SMILES string of the molecule is COC1(CNC(=O)NCC(=O)O)CCC1. The van der Waals surface area contributed by atoms with Gasteiger partial charge in [-0.25, -0.2) is 4.79 Å². The number of carbonyl (C=O) groups excluding carboxylic acids is 1. The van der Waals surface area contributed by atoms with E-state index in [-0.39, 0.29) is 12.1 Å². The lowest BCUT2D eigenvalue weighted by Gasteiger charge is -2.40. The van der Waals surface area contributed by atoms with Crippen molar-refractivity contribution in [3.8, 4) is 0 Å². The van der Waals surface area contributed by atoms with Crippen LogP contribution in [0.1, 0.15) is 19.3 Å². The molecule has 0 aliphatic heterocycles. The van der Waals surface area contributed by atoms with Gasteiger partial charge in [0.15, 0.2) is 0 Å². The molecule has 0 heterocycles. The van der Waals surface area contributed by atoms with Crippen LogP contribution in [-0.4, -0.2) is 42.9 Å². The van der Waals surface area contributed by atoms with Crippen LogP contribution >= 0.6 is 0 Å². The molecule has 0 aromatic carbocycles. The molecule has 3 N–H and O–H groups in total. The summed E-state index contributed by atoms with van der Waals surface area (Å²) in [5, 5.41) is 13.1. The quantitative estimate of drug-likeness (QED) is 0.600. The molecule has 0 bridgehead atoms. The Hall–Kier alpha value is -1.30. The number of aliphatic carboxylic acids is 1. The zero-order valence-corrected chi connectivity index (χ0v) is 8.71. The molecule has 86 valence electrons. The number of hydrogen-bond acceptors (Lipinski definition) is 3. The molecule has 15 heavy (non-hydrogen) atoms. The largest absolute Gasteiger partial charge is 0.480 e. The number of carboxylic acid groups (broad SMARTS) is 1. The van der Waals surface area contributed by atoms with E-state index in [1.807, 2.05) is 0 Å². The van der Waals surface area contributed by atoms with E-state index < -0.39 is 12.0 Å². The van der Waals surface area contributed by atoms with Crippen LogP contribution in [0.3, 0.4) is 0 Å². The summed E-state index contributed by atoms with van der Waals surface area (Å²) in [6.45, 7) is 0.0563. The molecule has 0 unspecified atom stereocenters. The van der Waals surface area contributed by atoms with E-state index in [0.717, 1.165) is 19.3 Å². The van der Waals surface area contributed by atoms with Gasteiger partial charge in [0.1, 0.15) is 6.54 Å². The Kier molecular flexibility index (Phi) is 3.90. The predicted octanol–water partition coefficient (Wildman–Crippen LogP) is -0.0607. The van der Waals surface area contributed by atoms with Gasteiger partial charge in [0.2, 0.25) is 0 Å². The van der Waals surface area contributed by atoms with Gasteiger partial charge in [0.25, 0.3) is 0 Å². The van der Waals surface area contributed by atoms with Crippen molar-refractivity contribution in [2.75, 3.05) is 20.2 Å². The molecule has 0 spiro atoms. The van der Waals surface area contributed by atoms with Gasteiger partial charge in [-0.05, 0) is 19.3 Å². The van der Waals surface area contributed by atoms with Crippen LogP contribution in [0.4, 0.5) is 4.79 Å². The van der Waals surface area contributed by atoms with Crippen LogP contribution in [-0.2, 0) is 9.53 Å². The van der Waals surface area contributed by atoms with E-state index in [1.54, 1.807) is 7.11 Å². The molecular weight excluding hydrogens is 200 g/mol. The van der Waals surface area contributed by atoms with Gasteiger partial charge in [-0.2, -0.15) is 0 Å². The Morgan fingerprint density at radius 3 is 2.47 bits per heavy atom. The van der Waals surface area contributed by atoms with Gasteiger partial charge in [-0.1, -0.05) is 0 Å². The molecule has 6 nitrogen and oxygen atoms in total. The Labute approximate surface area is 88.0 Å². The van der Waals surface area contributed by atoms with Crippen molar-refractivity contribution < 1.29 is 19.4 Å². The van der Waals surface area contributed by atoms with Crippen molar-refractivity contribution in [3.05, 3.63) is 0 Å². The molecule has 1 aliphatic carbocycles. The Morgan fingerprint density at radius 2 is 2.07 bits per heavy atom. The molecule has 6 heteroatoms. The zero-order valence-electron chi connectivity index (χ0n) is 8.71. The third-order valence-corrected chi connectivity index (χ3v) is 2.67. The molecule has 1 rings (SSSR count). The smallest absolute Gasteiger partial charge is 0.323 e. The first-order valence-corrected chi connectivity index (χ1v) is 4.87. The summed E-state index contributed by atoms with van der Waals surface area (Å²) >= 11 is 0. The molecule has 2 amide bonds. The highest BCUT2D eigenvalue weighted by molar-refractivity contribution is 5.79. The monoisotopic (exact) mass is 216 g/mol. The Balaban J connectivity index is 2.18. The number of amides is 2. The summed E-state index contributed by atoms with van der Waals surface area (Å²) < 4.78 is 5.29. The molecule has 1 fully saturated rings. The highest BCUT2D eigenvalue weighted by Gasteiger charge is 2.37. The topological polar surface area (TPSA) is 87.7 Å². The number of hydrogen-bond donors (Lipinski definition) is 3. The normalized spacial score (nSPS) is 17.7. The van der Waals surface area contributed by atoms with Crippen molar-refractivity contribution in [3.63, 3.8) is 0 Å². The number of ether oxygens (including phenoxy) is 1. The lowest BCUT2D eigenvalue weighted by molar-refractivity contribution is -0.135. The van der Waals surface area contributed by atoms with Gasteiger partial charge in [0.05, 0.1) is 5.60 Å². The van der Waals surface area contributed by atoms with Crippen LogP contribution in [0.2, 0.25) is 0 Å². The van der Waals surface area contributed by atoms with Crippen LogP contribution in [0.25, 0.3) is 0 Å². The number of urea groups is 1. The summed E-state index contributed by atoms with van der Waals surface area (Å²) in [5.74, 6) is -1.06. The molecule has 0 radical (unpaired) electrons. The molecular formula is C9H16N2O4. The highest BCUT2D eigenvalue weighted by atomic mass is 16.5. The lowest BCUT2D eigenvalue weighted by atomic mass is 9.80. The van der Waals surface area contributed by atoms with E-state index in [4.69, 9.17) is 9.84 Å². The molecule has 1 aliphatic rings. The van der Waals surface area contributed by atoms with Gasteiger partial charge >= 0.3 is 12.0 Å². The van der Waals surface area contributed by atoms with E-state index in [9.17, 15) is 9.59 Å². The zero-order chi connectivity index (χ0) is 11.3. The van der Waals surface area contributed by atoms with Crippen LogP contribution in [0, 0.1) is 0 Å². The Bertz CT molecular complexity index is 245. The second kappa shape index (κ2) is 4.97. The maximum atomic E-state index is 11.1. The number of carbonyl (C=O) groups is 2. The third-order valence-electron chi connectivity index (χ3n) is 2.67. The first-order valence-electron chi connectivity index (χ1n) is 4.87. The highest BCUT2D eigenvalue weighted by Crippen LogP contribution is 2.34. The minimum atomic E-state index is -1.06. The molecule has 0 aromatic rings. The van der Waals surface area contributed by atoms with Crippen LogP contribution in [0.5, 0.6) is 0 Å². The summed E-state index contributed by atoms with van der Waals surface area (Å²) in [4.78, 5) is 21.3. The minimum absolute atomic E-state index is 0.236. The fourth-order valence-corrected chi connectivity index (χ4v) is 1.48. The van der Waals surface area contributed by atoms with E-state index in [1.165, 1.54) is 0 Å². The number of carboxylic acids is 1. The molecule has 0 aromatic heterocycles. The number of nitrogens with one attached hydrogen (secondary N) is 2. The third kappa shape index (κ3) is 3.39. The molecule has 0 saturated heterocycles. The van der Waals surface area contributed by atoms with Gasteiger partial charge < -0.3 is 20.5 Å². The minimum Gasteiger partial charge on any atom is -0.480 e. The van der Waals surface area contributed by atoms with Crippen LogP contribution in [0.15, 0.2) is 0 Å². The van der Waals surface area contributed by atoms with E-state index >= 15 is 0 Å². The Morgan fingerprint density at radius 1 is 1.40 bits per heavy atom. The van der Waals surface area contributed by atoms with E-state index in [2.05, 4.69) is 10.6 Å². The van der Waals surface area contributed by atoms with Crippen molar-refractivity contribution in [1.29, 1.82) is 0 Å². The first-order chi connectivity index (χ1) is 7.08. The average Bonchev–Trinajstić information content (AvgIpc) is 2.14. The predicted molar refractivity (Wildman–Crippen MR) is 52.6 cm³/mol. The van der Waals surface area contributed by atoms with Crippen LogP contribution < -0.4 is 10.6 Å². The molecule has 0 atom stereocenters. The lowest BCUT2D eigenvalue weighted by Crippen LogP contribution is -2.51. The summed E-state index contributed by atoms with van der Waals surface area (Å²) in [7, 11) is 1.62. The van der Waals surface area contributed by atoms with Crippen molar-refractivity contribution in [2.24, 2.45) is 0 Å². The maximum Gasteiger partial charge on any atom is 0.323 e. The fourth-order valence-electron chi connectivity index (χ4n) is 1.48. The van der Waals surface area contributed by atoms with E-state index in [0.29, 0.717) is 6.54 Å². The van der Waals surface area contributed by atoms with Gasteiger partial charge in [-0.3, -0.25) is 4.79 Å². The van der Waals surface area contributed by atoms with Crippen molar-refractivity contribution >= 4 is 12.0 Å².